The molecule has 1 N–H and O–H groups in total. The SMILES string of the molecule is CN(C(=O)C1CCNC1)c1cc(Cl)ccc1F. The van der Waals surface area contributed by atoms with E-state index in [-0.39, 0.29) is 17.5 Å². The molecule has 1 aromatic rings. The Kier molecular flexibility index (Phi) is 3.64. The van der Waals surface area contributed by atoms with E-state index in [2.05, 4.69) is 5.32 Å². The van der Waals surface area contributed by atoms with Gasteiger partial charge in [0.05, 0.1) is 11.6 Å². The highest BCUT2D eigenvalue weighted by Gasteiger charge is 2.27. The molecule has 1 aromatic carbocycles. The van der Waals surface area contributed by atoms with Crippen molar-refractivity contribution < 1.29 is 9.18 Å². The predicted octanol–water partition coefficient (Wildman–Crippen LogP) is 2.05. The van der Waals surface area contributed by atoms with Crippen LogP contribution < -0.4 is 10.2 Å². The standard InChI is InChI=1S/C12H14ClFN2O/c1-16(12(17)8-4-5-15-7-8)11-6-9(13)2-3-10(11)14/h2-3,6,8,15H,4-5,7H2,1H3. The Morgan fingerprint density at radius 1 is 1.59 bits per heavy atom. The summed E-state index contributed by atoms with van der Waals surface area (Å²) < 4.78 is 13.6. The first-order chi connectivity index (χ1) is 8.09. The van der Waals surface area contributed by atoms with Gasteiger partial charge in [-0.05, 0) is 31.2 Å². The Balaban J connectivity index is 2.20. The number of benzene rings is 1. The molecule has 1 aliphatic rings. The summed E-state index contributed by atoms with van der Waals surface area (Å²) in [4.78, 5) is 13.4. The summed E-state index contributed by atoms with van der Waals surface area (Å²) in [5, 5.41) is 3.54. The third-order valence-electron chi connectivity index (χ3n) is 3.01. The van der Waals surface area contributed by atoms with Gasteiger partial charge in [0.1, 0.15) is 5.82 Å². The number of rotatable bonds is 2. The normalized spacial score (nSPS) is 19.4. The zero-order valence-corrected chi connectivity index (χ0v) is 10.3. The van der Waals surface area contributed by atoms with Crippen molar-refractivity contribution in [3.05, 3.63) is 29.0 Å². The van der Waals surface area contributed by atoms with E-state index in [9.17, 15) is 9.18 Å². The first kappa shape index (κ1) is 12.3. The van der Waals surface area contributed by atoms with Crippen molar-refractivity contribution in [2.24, 2.45) is 5.92 Å². The largest absolute Gasteiger partial charge is 0.316 e. The average Bonchev–Trinajstić information content (AvgIpc) is 2.84. The van der Waals surface area contributed by atoms with E-state index in [4.69, 9.17) is 11.6 Å². The zero-order chi connectivity index (χ0) is 12.4. The lowest BCUT2D eigenvalue weighted by molar-refractivity contribution is -0.121. The van der Waals surface area contributed by atoms with Gasteiger partial charge >= 0.3 is 0 Å². The summed E-state index contributed by atoms with van der Waals surface area (Å²) in [5.74, 6) is -0.578. The number of hydrogen-bond donors (Lipinski definition) is 1. The summed E-state index contributed by atoms with van der Waals surface area (Å²) in [6.45, 7) is 1.49. The van der Waals surface area contributed by atoms with E-state index >= 15 is 0 Å². The van der Waals surface area contributed by atoms with E-state index in [0.717, 1.165) is 13.0 Å². The van der Waals surface area contributed by atoms with E-state index in [1.807, 2.05) is 0 Å². The molecular weight excluding hydrogens is 243 g/mol. The molecule has 92 valence electrons. The third kappa shape index (κ3) is 2.58. The molecule has 0 radical (unpaired) electrons. The number of anilines is 1. The van der Waals surface area contributed by atoms with Gasteiger partial charge < -0.3 is 10.2 Å². The predicted molar refractivity (Wildman–Crippen MR) is 65.8 cm³/mol. The Labute approximate surface area is 105 Å². The molecule has 3 nitrogen and oxygen atoms in total. The smallest absolute Gasteiger partial charge is 0.231 e. The second kappa shape index (κ2) is 5.02. The molecule has 1 unspecified atom stereocenters. The van der Waals surface area contributed by atoms with Crippen molar-refractivity contribution in [2.75, 3.05) is 25.0 Å². The minimum atomic E-state index is -0.434. The molecule has 0 bridgehead atoms. The average molecular weight is 257 g/mol. The van der Waals surface area contributed by atoms with Crippen LogP contribution in [0.3, 0.4) is 0 Å². The highest BCUT2D eigenvalue weighted by molar-refractivity contribution is 6.30. The molecule has 0 aromatic heterocycles. The summed E-state index contributed by atoms with van der Waals surface area (Å²) in [7, 11) is 1.58. The van der Waals surface area contributed by atoms with Gasteiger partial charge in [0.25, 0.3) is 0 Å². The van der Waals surface area contributed by atoms with Crippen molar-refractivity contribution in [1.82, 2.24) is 5.32 Å². The molecule has 1 saturated heterocycles. The van der Waals surface area contributed by atoms with Crippen LogP contribution in [0.1, 0.15) is 6.42 Å². The summed E-state index contributed by atoms with van der Waals surface area (Å²) in [5.41, 5.74) is 0.231. The number of carbonyl (C=O) groups excluding carboxylic acids is 1. The van der Waals surface area contributed by atoms with Crippen LogP contribution in [0.2, 0.25) is 5.02 Å². The minimum absolute atomic E-state index is 0.0709. The van der Waals surface area contributed by atoms with E-state index in [1.54, 1.807) is 7.05 Å². The summed E-state index contributed by atoms with van der Waals surface area (Å²) in [6, 6.07) is 4.21. The van der Waals surface area contributed by atoms with Crippen LogP contribution in [0, 0.1) is 11.7 Å². The Hall–Kier alpha value is -1.13. The maximum atomic E-state index is 13.6. The minimum Gasteiger partial charge on any atom is -0.316 e. The number of hydrogen-bond acceptors (Lipinski definition) is 2. The fourth-order valence-corrected chi connectivity index (χ4v) is 2.17. The molecule has 0 saturated carbocycles. The molecule has 1 atom stereocenters. The zero-order valence-electron chi connectivity index (χ0n) is 9.54. The van der Waals surface area contributed by atoms with Crippen LogP contribution in [0.25, 0.3) is 0 Å². The lowest BCUT2D eigenvalue weighted by atomic mass is 10.1. The first-order valence-electron chi connectivity index (χ1n) is 5.53. The molecule has 1 aliphatic heterocycles. The summed E-state index contributed by atoms with van der Waals surface area (Å²) >= 11 is 5.81. The summed E-state index contributed by atoms with van der Waals surface area (Å²) in [6.07, 6.45) is 0.797. The third-order valence-corrected chi connectivity index (χ3v) is 3.24. The number of nitrogens with zero attached hydrogens (tertiary/aromatic N) is 1. The van der Waals surface area contributed by atoms with Gasteiger partial charge in [0.2, 0.25) is 5.91 Å². The highest BCUT2D eigenvalue weighted by Crippen LogP contribution is 2.24. The van der Waals surface area contributed by atoms with Crippen LogP contribution >= 0.6 is 11.6 Å². The van der Waals surface area contributed by atoms with E-state index < -0.39 is 5.82 Å². The van der Waals surface area contributed by atoms with Crippen LogP contribution in [0.15, 0.2) is 18.2 Å². The molecule has 1 fully saturated rings. The van der Waals surface area contributed by atoms with Crippen molar-refractivity contribution in [2.45, 2.75) is 6.42 Å². The lowest BCUT2D eigenvalue weighted by Crippen LogP contribution is -2.34. The maximum absolute atomic E-state index is 13.6. The molecule has 17 heavy (non-hydrogen) atoms. The lowest BCUT2D eigenvalue weighted by Gasteiger charge is -2.21. The van der Waals surface area contributed by atoms with E-state index in [1.165, 1.54) is 23.1 Å². The van der Waals surface area contributed by atoms with Crippen LogP contribution in [-0.2, 0) is 4.79 Å². The number of halogens is 2. The van der Waals surface area contributed by atoms with Crippen molar-refractivity contribution in [3.63, 3.8) is 0 Å². The van der Waals surface area contributed by atoms with Crippen LogP contribution in [0.5, 0.6) is 0 Å². The molecular formula is C12H14ClFN2O. The number of carbonyl (C=O) groups is 1. The van der Waals surface area contributed by atoms with Gasteiger partial charge in [0, 0.05) is 18.6 Å². The van der Waals surface area contributed by atoms with Gasteiger partial charge in [-0.15, -0.1) is 0 Å². The molecule has 0 aliphatic carbocycles. The fourth-order valence-electron chi connectivity index (χ4n) is 2.00. The molecule has 1 heterocycles. The number of amides is 1. The van der Waals surface area contributed by atoms with Crippen LogP contribution in [0.4, 0.5) is 10.1 Å². The molecule has 0 spiro atoms. The monoisotopic (exact) mass is 256 g/mol. The van der Waals surface area contributed by atoms with Gasteiger partial charge in [0.15, 0.2) is 0 Å². The molecule has 1 amide bonds. The van der Waals surface area contributed by atoms with Gasteiger partial charge in [-0.3, -0.25) is 4.79 Å². The Bertz CT molecular complexity index is 433. The number of nitrogens with one attached hydrogen (secondary N) is 1. The quantitative estimate of drug-likeness (QED) is 0.878. The van der Waals surface area contributed by atoms with Crippen LogP contribution in [-0.4, -0.2) is 26.0 Å². The maximum Gasteiger partial charge on any atom is 0.231 e. The Morgan fingerprint density at radius 2 is 2.35 bits per heavy atom. The second-order valence-corrected chi connectivity index (χ2v) is 4.62. The van der Waals surface area contributed by atoms with Gasteiger partial charge in [-0.2, -0.15) is 0 Å². The topological polar surface area (TPSA) is 32.3 Å². The van der Waals surface area contributed by atoms with Crippen molar-refractivity contribution in [1.29, 1.82) is 0 Å². The molecule has 2 rings (SSSR count). The van der Waals surface area contributed by atoms with Gasteiger partial charge in [-0.25, -0.2) is 4.39 Å². The highest BCUT2D eigenvalue weighted by atomic mass is 35.5. The fraction of sp³-hybridized carbons (Fsp3) is 0.417. The first-order valence-corrected chi connectivity index (χ1v) is 5.90. The van der Waals surface area contributed by atoms with E-state index in [0.29, 0.717) is 11.6 Å². The Morgan fingerprint density at radius 3 is 3.00 bits per heavy atom. The van der Waals surface area contributed by atoms with Gasteiger partial charge in [-0.1, -0.05) is 11.6 Å². The van der Waals surface area contributed by atoms with Crippen molar-refractivity contribution >= 4 is 23.2 Å². The molecule has 5 heteroatoms. The second-order valence-electron chi connectivity index (χ2n) is 4.18. The van der Waals surface area contributed by atoms with Crippen molar-refractivity contribution in [3.8, 4) is 0 Å².